The molecule has 0 radical (unpaired) electrons. The van der Waals surface area contributed by atoms with Crippen LogP contribution in [0.4, 0.5) is 0 Å². The Labute approximate surface area is 105 Å². The van der Waals surface area contributed by atoms with Crippen LogP contribution in [0.2, 0.25) is 0 Å². The molecule has 0 amide bonds. The van der Waals surface area contributed by atoms with Crippen LogP contribution >= 0.6 is 0 Å². The number of unbranched alkanes of at least 4 members (excludes halogenated alkanes) is 1. The van der Waals surface area contributed by atoms with Gasteiger partial charge in [0.25, 0.3) is 0 Å². The van der Waals surface area contributed by atoms with Gasteiger partial charge >= 0.3 is 5.97 Å². The molecule has 1 saturated heterocycles. The van der Waals surface area contributed by atoms with Gasteiger partial charge in [-0.2, -0.15) is 0 Å². The van der Waals surface area contributed by atoms with E-state index in [0.717, 1.165) is 19.4 Å². The minimum Gasteiger partial charge on any atom is -0.481 e. The Balaban J connectivity index is 2.20. The average molecular weight is 241 g/mol. The predicted molar refractivity (Wildman–Crippen MR) is 70.2 cm³/mol. The van der Waals surface area contributed by atoms with Crippen molar-refractivity contribution in [3.8, 4) is 0 Å². The predicted octanol–water partition coefficient (Wildman–Crippen LogP) is 3.14. The van der Waals surface area contributed by atoms with Crippen LogP contribution < -0.4 is 0 Å². The van der Waals surface area contributed by atoms with Gasteiger partial charge in [-0.3, -0.25) is 4.79 Å². The second-order valence-electron chi connectivity index (χ2n) is 5.71. The fraction of sp³-hybridized carbons (Fsp3) is 0.929. The van der Waals surface area contributed by atoms with Gasteiger partial charge in [-0.05, 0) is 57.2 Å². The Bertz CT molecular complexity index is 242. The summed E-state index contributed by atoms with van der Waals surface area (Å²) in [7, 11) is 0. The largest absolute Gasteiger partial charge is 0.481 e. The molecule has 1 rings (SSSR count). The van der Waals surface area contributed by atoms with Gasteiger partial charge in [-0.1, -0.05) is 20.3 Å². The molecule has 0 unspecified atom stereocenters. The quantitative estimate of drug-likeness (QED) is 0.726. The molecule has 0 spiro atoms. The van der Waals surface area contributed by atoms with Crippen molar-refractivity contribution in [2.75, 3.05) is 19.6 Å². The van der Waals surface area contributed by atoms with Gasteiger partial charge in [0.15, 0.2) is 0 Å². The molecule has 0 aromatic carbocycles. The molecule has 1 fully saturated rings. The first-order chi connectivity index (χ1) is 8.06. The van der Waals surface area contributed by atoms with Crippen molar-refractivity contribution in [1.82, 2.24) is 4.90 Å². The monoisotopic (exact) mass is 241 g/mol. The van der Waals surface area contributed by atoms with Gasteiger partial charge in [0, 0.05) is 6.42 Å². The Morgan fingerprint density at radius 2 is 2.06 bits per heavy atom. The molecular formula is C14H27NO2. The third-order valence-corrected chi connectivity index (χ3v) is 4.25. The Morgan fingerprint density at radius 3 is 2.71 bits per heavy atom. The molecular weight excluding hydrogens is 214 g/mol. The van der Waals surface area contributed by atoms with Crippen molar-refractivity contribution in [3.05, 3.63) is 0 Å². The highest BCUT2D eigenvalue weighted by atomic mass is 16.4. The van der Waals surface area contributed by atoms with Gasteiger partial charge in [0.1, 0.15) is 0 Å². The first-order valence-electron chi connectivity index (χ1n) is 7.00. The molecule has 0 bridgehead atoms. The number of likely N-dealkylation sites (tertiary alicyclic amines) is 1. The third kappa shape index (κ3) is 5.53. The number of rotatable bonds is 6. The lowest BCUT2D eigenvalue weighted by Crippen LogP contribution is -2.27. The van der Waals surface area contributed by atoms with E-state index in [1.165, 1.54) is 38.8 Å². The number of nitrogens with zero attached hydrogens (tertiary/aromatic N) is 1. The molecule has 0 saturated carbocycles. The molecule has 1 heterocycles. The second kappa shape index (κ2) is 7.00. The molecule has 1 aliphatic rings. The molecule has 0 aromatic rings. The number of carboxylic acids is 1. The van der Waals surface area contributed by atoms with Gasteiger partial charge in [-0.25, -0.2) is 0 Å². The van der Waals surface area contributed by atoms with Crippen molar-refractivity contribution >= 4 is 5.97 Å². The summed E-state index contributed by atoms with van der Waals surface area (Å²) in [6.45, 7) is 8.16. The van der Waals surface area contributed by atoms with E-state index in [2.05, 4.69) is 18.7 Å². The molecule has 0 aromatic heterocycles. The van der Waals surface area contributed by atoms with Crippen LogP contribution in [0.3, 0.4) is 0 Å². The maximum Gasteiger partial charge on any atom is 0.303 e. The van der Waals surface area contributed by atoms with E-state index in [-0.39, 0.29) is 0 Å². The highest BCUT2D eigenvalue weighted by Crippen LogP contribution is 2.33. The van der Waals surface area contributed by atoms with Crippen LogP contribution in [0.25, 0.3) is 0 Å². The Morgan fingerprint density at radius 1 is 1.29 bits per heavy atom. The third-order valence-electron chi connectivity index (χ3n) is 4.25. The molecule has 1 aliphatic heterocycles. The van der Waals surface area contributed by atoms with Gasteiger partial charge < -0.3 is 10.0 Å². The summed E-state index contributed by atoms with van der Waals surface area (Å²) in [4.78, 5) is 12.9. The smallest absolute Gasteiger partial charge is 0.303 e. The topological polar surface area (TPSA) is 40.5 Å². The van der Waals surface area contributed by atoms with Gasteiger partial charge in [-0.15, -0.1) is 0 Å². The molecule has 100 valence electrons. The molecule has 0 aliphatic carbocycles. The summed E-state index contributed by atoms with van der Waals surface area (Å²) >= 11 is 0. The SMILES string of the molecule is CC[C@@]1(C)CCCN(CCCCC(=O)O)CC1. The van der Waals surface area contributed by atoms with E-state index < -0.39 is 5.97 Å². The first kappa shape index (κ1) is 14.5. The van der Waals surface area contributed by atoms with Crippen LogP contribution in [0.5, 0.6) is 0 Å². The van der Waals surface area contributed by atoms with E-state index in [1.54, 1.807) is 0 Å². The second-order valence-corrected chi connectivity index (χ2v) is 5.71. The van der Waals surface area contributed by atoms with E-state index in [1.807, 2.05) is 0 Å². The number of carboxylic acid groups (broad SMARTS) is 1. The lowest BCUT2D eigenvalue weighted by atomic mass is 9.80. The summed E-state index contributed by atoms with van der Waals surface area (Å²) in [5, 5.41) is 8.58. The Kier molecular flexibility index (Phi) is 5.96. The normalized spacial score (nSPS) is 26.7. The lowest BCUT2D eigenvalue weighted by molar-refractivity contribution is -0.137. The molecule has 17 heavy (non-hydrogen) atoms. The summed E-state index contributed by atoms with van der Waals surface area (Å²) in [6, 6.07) is 0. The van der Waals surface area contributed by atoms with E-state index in [0.29, 0.717) is 11.8 Å². The Hall–Kier alpha value is -0.570. The van der Waals surface area contributed by atoms with E-state index >= 15 is 0 Å². The number of hydrogen-bond donors (Lipinski definition) is 1. The highest BCUT2D eigenvalue weighted by molar-refractivity contribution is 5.66. The van der Waals surface area contributed by atoms with Gasteiger partial charge in [0.2, 0.25) is 0 Å². The van der Waals surface area contributed by atoms with Crippen molar-refractivity contribution in [1.29, 1.82) is 0 Å². The minimum atomic E-state index is -0.667. The van der Waals surface area contributed by atoms with Crippen molar-refractivity contribution in [2.24, 2.45) is 5.41 Å². The summed E-state index contributed by atoms with van der Waals surface area (Å²) < 4.78 is 0. The molecule has 1 atom stereocenters. The molecule has 3 nitrogen and oxygen atoms in total. The molecule has 1 N–H and O–H groups in total. The highest BCUT2D eigenvalue weighted by Gasteiger charge is 2.25. The van der Waals surface area contributed by atoms with Crippen LogP contribution in [0, 0.1) is 5.41 Å². The van der Waals surface area contributed by atoms with Crippen molar-refractivity contribution in [3.63, 3.8) is 0 Å². The zero-order valence-corrected chi connectivity index (χ0v) is 11.4. The average Bonchev–Trinajstić information content (AvgIpc) is 2.48. The summed E-state index contributed by atoms with van der Waals surface area (Å²) in [5.41, 5.74) is 0.538. The maximum absolute atomic E-state index is 10.4. The number of aliphatic carboxylic acids is 1. The summed E-state index contributed by atoms with van der Waals surface area (Å²) in [5.74, 6) is -0.667. The maximum atomic E-state index is 10.4. The fourth-order valence-corrected chi connectivity index (χ4v) is 2.58. The lowest BCUT2D eigenvalue weighted by Gasteiger charge is -2.26. The van der Waals surface area contributed by atoms with Crippen LogP contribution in [-0.4, -0.2) is 35.6 Å². The standard InChI is InChI=1S/C14H27NO2/c1-3-14(2)8-6-11-15(12-9-14)10-5-4-7-13(16)17/h3-12H2,1-2H3,(H,16,17)/t14-/m0/s1. The first-order valence-corrected chi connectivity index (χ1v) is 7.00. The van der Waals surface area contributed by atoms with E-state index in [9.17, 15) is 4.79 Å². The van der Waals surface area contributed by atoms with Crippen molar-refractivity contribution < 1.29 is 9.90 Å². The van der Waals surface area contributed by atoms with Gasteiger partial charge in [0.05, 0.1) is 0 Å². The van der Waals surface area contributed by atoms with Crippen LogP contribution in [0.15, 0.2) is 0 Å². The minimum absolute atomic E-state index is 0.320. The fourth-order valence-electron chi connectivity index (χ4n) is 2.58. The molecule has 3 heteroatoms. The van der Waals surface area contributed by atoms with Crippen LogP contribution in [0.1, 0.15) is 58.8 Å². The zero-order chi connectivity index (χ0) is 12.7. The summed E-state index contributed by atoms with van der Waals surface area (Å²) in [6.07, 6.45) is 7.37. The van der Waals surface area contributed by atoms with Crippen LogP contribution in [-0.2, 0) is 4.79 Å². The number of carbonyl (C=O) groups is 1. The number of hydrogen-bond acceptors (Lipinski definition) is 2. The van der Waals surface area contributed by atoms with E-state index in [4.69, 9.17) is 5.11 Å². The van der Waals surface area contributed by atoms with Crippen molar-refractivity contribution in [2.45, 2.75) is 58.8 Å². The zero-order valence-electron chi connectivity index (χ0n) is 11.4.